The first kappa shape index (κ1) is 17.7. The molecule has 1 atom stereocenters. The van der Waals surface area contributed by atoms with Crippen LogP contribution >= 0.6 is 11.8 Å². The van der Waals surface area contributed by atoms with Crippen LogP contribution in [-0.2, 0) is 9.53 Å². The summed E-state index contributed by atoms with van der Waals surface area (Å²) in [6.07, 6.45) is 2.19. The third-order valence-electron chi connectivity index (χ3n) is 4.49. The number of thioether (sulfide) groups is 1. The number of nitrogens with one attached hydrogen (secondary N) is 1. The lowest BCUT2D eigenvalue weighted by Crippen LogP contribution is -2.32. The fourth-order valence-corrected chi connectivity index (χ4v) is 3.66. The average Bonchev–Trinajstić information content (AvgIpc) is 3.14. The molecule has 3 rings (SSSR count). The topological polar surface area (TPSA) is 75.0 Å². The van der Waals surface area contributed by atoms with Crippen molar-refractivity contribution in [3.05, 3.63) is 34.9 Å². The van der Waals surface area contributed by atoms with Crippen molar-refractivity contribution in [1.82, 2.24) is 10.3 Å². The van der Waals surface area contributed by atoms with Gasteiger partial charge in [-0.15, -0.1) is 0 Å². The van der Waals surface area contributed by atoms with Gasteiger partial charge < -0.3 is 10.1 Å². The highest BCUT2D eigenvalue weighted by molar-refractivity contribution is 8.00. The molecule has 1 amide bonds. The Labute approximate surface area is 151 Å². The van der Waals surface area contributed by atoms with E-state index in [9.17, 15) is 10.1 Å². The van der Waals surface area contributed by atoms with Crippen molar-refractivity contribution in [1.29, 1.82) is 5.26 Å². The first-order valence-corrected chi connectivity index (χ1v) is 9.39. The number of aryl methyl sites for hydroxylation is 2. The van der Waals surface area contributed by atoms with Crippen LogP contribution in [-0.4, -0.2) is 35.9 Å². The second-order valence-electron chi connectivity index (χ2n) is 6.26. The summed E-state index contributed by atoms with van der Waals surface area (Å²) in [4.78, 5) is 16.7. The van der Waals surface area contributed by atoms with Gasteiger partial charge in [0.25, 0.3) is 0 Å². The molecule has 1 fully saturated rings. The van der Waals surface area contributed by atoms with Crippen molar-refractivity contribution in [2.75, 3.05) is 18.9 Å². The number of rotatable bonds is 5. The molecule has 0 aliphatic carbocycles. The molecule has 6 heteroatoms. The van der Waals surface area contributed by atoms with E-state index in [0.29, 0.717) is 17.1 Å². The van der Waals surface area contributed by atoms with Crippen LogP contribution in [0.3, 0.4) is 0 Å². The number of fused-ring (bicyclic) bond motifs is 1. The molecule has 1 aromatic heterocycles. The highest BCUT2D eigenvalue weighted by Crippen LogP contribution is 2.27. The number of nitrogens with zero attached hydrogens (tertiary/aromatic N) is 2. The molecule has 0 bridgehead atoms. The van der Waals surface area contributed by atoms with Crippen molar-refractivity contribution in [3.63, 3.8) is 0 Å². The number of nitriles is 1. The summed E-state index contributed by atoms with van der Waals surface area (Å²) in [6, 6.07) is 8.05. The van der Waals surface area contributed by atoms with Gasteiger partial charge in [0.1, 0.15) is 11.1 Å². The van der Waals surface area contributed by atoms with Crippen LogP contribution in [0.1, 0.15) is 29.5 Å². The molecular formula is C19H21N3O2S. The van der Waals surface area contributed by atoms with E-state index < -0.39 is 0 Å². The lowest BCUT2D eigenvalue weighted by Gasteiger charge is -2.11. The first-order chi connectivity index (χ1) is 12.1. The van der Waals surface area contributed by atoms with Gasteiger partial charge in [-0.3, -0.25) is 4.79 Å². The molecule has 25 heavy (non-hydrogen) atoms. The molecule has 1 aliphatic heterocycles. The number of pyridine rings is 1. The lowest BCUT2D eigenvalue weighted by atomic mass is 10.0. The molecule has 2 heterocycles. The smallest absolute Gasteiger partial charge is 0.230 e. The van der Waals surface area contributed by atoms with Crippen LogP contribution in [0.15, 0.2) is 23.2 Å². The molecule has 1 N–H and O–H groups in total. The molecule has 2 aromatic rings. The van der Waals surface area contributed by atoms with Gasteiger partial charge in [-0.2, -0.15) is 5.26 Å². The summed E-state index contributed by atoms with van der Waals surface area (Å²) >= 11 is 1.31. The van der Waals surface area contributed by atoms with E-state index in [4.69, 9.17) is 4.74 Å². The minimum atomic E-state index is -0.0627. The predicted octanol–water partition coefficient (Wildman–Crippen LogP) is 3.11. The van der Waals surface area contributed by atoms with Crippen molar-refractivity contribution in [2.45, 2.75) is 37.8 Å². The second kappa shape index (κ2) is 7.85. The Morgan fingerprint density at radius 3 is 3.04 bits per heavy atom. The van der Waals surface area contributed by atoms with Gasteiger partial charge in [0.15, 0.2) is 0 Å². The quantitative estimate of drug-likeness (QED) is 0.834. The molecule has 0 unspecified atom stereocenters. The van der Waals surface area contributed by atoms with E-state index >= 15 is 0 Å². The minimum Gasteiger partial charge on any atom is -0.376 e. The number of carbonyl (C=O) groups excluding carboxylic acids is 1. The zero-order valence-corrected chi connectivity index (χ0v) is 15.3. The van der Waals surface area contributed by atoms with Gasteiger partial charge in [-0.25, -0.2) is 4.98 Å². The average molecular weight is 355 g/mol. The summed E-state index contributed by atoms with van der Waals surface area (Å²) in [6.45, 7) is 5.40. The van der Waals surface area contributed by atoms with Gasteiger partial charge in [0.05, 0.1) is 22.9 Å². The summed E-state index contributed by atoms with van der Waals surface area (Å²) < 4.78 is 5.50. The number of amides is 1. The van der Waals surface area contributed by atoms with Gasteiger partial charge in [0, 0.05) is 18.5 Å². The molecule has 1 aliphatic rings. The standard InChI is InChI=1S/C19H21N3O2S/c1-12-5-6-14-8-15(9-20)19(22-18(14)13(12)2)25-11-17(23)21-10-16-4-3-7-24-16/h5-6,8,16H,3-4,7,10-11H2,1-2H3,(H,21,23)/t16-/m1/s1. The zero-order valence-electron chi connectivity index (χ0n) is 14.5. The highest BCUT2D eigenvalue weighted by Gasteiger charge is 2.17. The molecule has 0 radical (unpaired) electrons. The number of carbonyl (C=O) groups is 1. The SMILES string of the molecule is Cc1ccc2cc(C#N)c(SCC(=O)NC[C@H]3CCCO3)nc2c1C. The van der Waals surface area contributed by atoms with Gasteiger partial charge >= 0.3 is 0 Å². The van der Waals surface area contributed by atoms with Crippen LogP contribution in [0.25, 0.3) is 10.9 Å². The van der Waals surface area contributed by atoms with E-state index in [1.54, 1.807) is 0 Å². The summed E-state index contributed by atoms with van der Waals surface area (Å²) in [5.41, 5.74) is 3.66. The summed E-state index contributed by atoms with van der Waals surface area (Å²) in [5, 5.41) is 13.8. The summed E-state index contributed by atoms with van der Waals surface area (Å²) in [7, 11) is 0. The Morgan fingerprint density at radius 1 is 1.48 bits per heavy atom. The lowest BCUT2D eigenvalue weighted by molar-refractivity contribution is -0.119. The Hall–Kier alpha value is -2.10. The van der Waals surface area contributed by atoms with Crippen LogP contribution < -0.4 is 5.32 Å². The highest BCUT2D eigenvalue weighted by atomic mass is 32.2. The van der Waals surface area contributed by atoms with Crippen molar-refractivity contribution >= 4 is 28.6 Å². The number of ether oxygens (including phenoxy) is 1. The largest absolute Gasteiger partial charge is 0.376 e. The Balaban J connectivity index is 1.70. The van der Waals surface area contributed by atoms with Gasteiger partial charge in [0.2, 0.25) is 5.91 Å². The van der Waals surface area contributed by atoms with Crippen molar-refractivity contribution in [3.8, 4) is 6.07 Å². The molecule has 0 saturated carbocycles. The maximum atomic E-state index is 12.1. The molecule has 1 aromatic carbocycles. The van der Waals surface area contributed by atoms with Crippen LogP contribution in [0.4, 0.5) is 0 Å². The number of hydrogen-bond donors (Lipinski definition) is 1. The van der Waals surface area contributed by atoms with Gasteiger partial charge in [-0.1, -0.05) is 23.9 Å². The van der Waals surface area contributed by atoms with E-state index in [1.165, 1.54) is 11.8 Å². The van der Waals surface area contributed by atoms with Crippen LogP contribution in [0.2, 0.25) is 0 Å². The van der Waals surface area contributed by atoms with E-state index in [1.807, 2.05) is 32.0 Å². The molecule has 130 valence electrons. The monoisotopic (exact) mass is 355 g/mol. The summed E-state index contributed by atoms with van der Waals surface area (Å²) in [5.74, 6) is 0.178. The van der Waals surface area contributed by atoms with Gasteiger partial charge in [-0.05, 0) is 43.9 Å². The molecule has 5 nitrogen and oxygen atoms in total. The molecule has 0 spiro atoms. The van der Waals surface area contributed by atoms with Crippen molar-refractivity contribution in [2.24, 2.45) is 0 Å². The number of benzene rings is 1. The first-order valence-electron chi connectivity index (χ1n) is 8.40. The zero-order chi connectivity index (χ0) is 17.8. The third-order valence-corrected chi connectivity index (χ3v) is 5.48. The Kier molecular flexibility index (Phi) is 5.57. The predicted molar refractivity (Wildman–Crippen MR) is 98.6 cm³/mol. The number of aromatic nitrogens is 1. The fourth-order valence-electron chi connectivity index (χ4n) is 2.87. The Bertz CT molecular complexity index is 839. The fraction of sp³-hybridized carbons (Fsp3) is 0.421. The third kappa shape index (κ3) is 4.12. The van der Waals surface area contributed by atoms with Crippen molar-refractivity contribution < 1.29 is 9.53 Å². The van der Waals surface area contributed by atoms with Crippen LogP contribution in [0.5, 0.6) is 0 Å². The van der Waals surface area contributed by atoms with E-state index in [2.05, 4.69) is 16.4 Å². The van der Waals surface area contributed by atoms with E-state index in [-0.39, 0.29) is 17.8 Å². The molecule has 1 saturated heterocycles. The number of hydrogen-bond acceptors (Lipinski definition) is 5. The van der Waals surface area contributed by atoms with Crippen LogP contribution in [0, 0.1) is 25.2 Å². The second-order valence-corrected chi connectivity index (χ2v) is 7.22. The van der Waals surface area contributed by atoms with E-state index in [0.717, 1.165) is 41.5 Å². The maximum absolute atomic E-state index is 12.1. The Morgan fingerprint density at radius 2 is 2.32 bits per heavy atom. The minimum absolute atomic E-state index is 0.0627. The normalized spacial score (nSPS) is 16.8. The molecular weight excluding hydrogens is 334 g/mol. The maximum Gasteiger partial charge on any atom is 0.230 e.